The molecule has 0 spiro atoms. The second-order valence-electron chi connectivity index (χ2n) is 6.92. The minimum Gasteiger partial charge on any atom is -0.508 e. The van der Waals surface area contributed by atoms with Crippen molar-refractivity contribution < 1.29 is 37.5 Å². The van der Waals surface area contributed by atoms with E-state index in [1.54, 1.807) is 0 Å². The Morgan fingerprint density at radius 2 is 1.60 bits per heavy atom. The largest absolute Gasteiger partial charge is 0.508 e. The van der Waals surface area contributed by atoms with Crippen LogP contribution in [-0.4, -0.2) is 5.91 Å². The van der Waals surface area contributed by atoms with E-state index in [9.17, 15) is 4.79 Å². The van der Waals surface area contributed by atoms with Crippen molar-refractivity contribution in [2.24, 2.45) is 10.8 Å². The minimum atomic E-state index is 0. The van der Waals surface area contributed by atoms with Crippen molar-refractivity contribution in [3.05, 3.63) is 14.0 Å². The van der Waals surface area contributed by atoms with Crippen LogP contribution in [0.4, 0.5) is 0 Å². The molecule has 0 fully saturated rings. The van der Waals surface area contributed by atoms with E-state index >= 15 is 0 Å². The van der Waals surface area contributed by atoms with Gasteiger partial charge in [0.1, 0.15) is 0 Å². The number of unbranched alkanes of at least 4 members (excludes halogenated alkanes) is 1. The van der Waals surface area contributed by atoms with Crippen LogP contribution in [0.25, 0.3) is 0 Å². The van der Waals surface area contributed by atoms with E-state index in [1.807, 2.05) is 0 Å². The standard InChI is InChI=1S/C10H20NO.C7H11.Y/c1-10(2,3)8-6-5-7-9(12)11-4;1-5-6-7(2,3)4;/h4-8H2,1-3H3,(H,11,12);1H2,2-4H3;/q2*-1;. The zero-order valence-corrected chi connectivity index (χ0v) is 17.1. The maximum atomic E-state index is 10.8. The predicted molar refractivity (Wildman–Crippen MR) is 84.0 cm³/mol. The summed E-state index contributed by atoms with van der Waals surface area (Å²) in [5.41, 5.74) is 0.517. The molecule has 2 nitrogen and oxygen atoms in total. The Morgan fingerprint density at radius 1 is 1.10 bits per heavy atom. The van der Waals surface area contributed by atoms with Crippen LogP contribution in [0.5, 0.6) is 0 Å². The van der Waals surface area contributed by atoms with Crippen LogP contribution < -0.4 is 5.32 Å². The Kier molecular flexibility index (Phi) is 15.9. The Hall–Kier alpha value is 0.00390. The van der Waals surface area contributed by atoms with Crippen molar-refractivity contribution >= 4 is 5.91 Å². The molecule has 3 heteroatoms. The Bertz CT molecular complexity index is 300. The Morgan fingerprint density at radius 3 is 1.85 bits per heavy atom. The minimum absolute atomic E-state index is 0. The SMILES string of the molecule is [CH2-]C#CC(C)(C)C.[CH2-]NC(=O)CCCCC(C)(C)C.[Y]. The number of carbonyl (C=O) groups excluding carboxylic acids is 1. The molecule has 1 radical (unpaired) electrons. The molecule has 0 aliphatic rings. The summed E-state index contributed by atoms with van der Waals surface area (Å²) in [6.07, 6.45) is 3.88. The van der Waals surface area contributed by atoms with Gasteiger partial charge in [0.15, 0.2) is 5.91 Å². The molecule has 0 heterocycles. The molecule has 115 valence electrons. The number of amides is 1. The van der Waals surface area contributed by atoms with Crippen LogP contribution in [0.3, 0.4) is 0 Å². The normalized spacial score (nSPS) is 10.2. The summed E-state index contributed by atoms with van der Waals surface area (Å²) in [7, 11) is 3.31. The Balaban J connectivity index is -0.000000312. The number of carbonyl (C=O) groups is 1. The first kappa shape index (κ1) is 25.0. The van der Waals surface area contributed by atoms with Crippen LogP contribution in [0.15, 0.2) is 0 Å². The first-order chi connectivity index (χ1) is 8.52. The second kappa shape index (κ2) is 12.7. The topological polar surface area (TPSA) is 29.1 Å². The first-order valence-electron chi connectivity index (χ1n) is 6.87. The van der Waals surface area contributed by atoms with Gasteiger partial charge in [0.25, 0.3) is 0 Å². The van der Waals surface area contributed by atoms with Crippen molar-refractivity contribution in [3.63, 3.8) is 0 Å². The fraction of sp³-hybridized carbons (Fsp3) is 0.706. The molecular weight excluding hydrogens is 323 g/mol. The van der Waals surface area contributed by atoms with E-state index in [1.165, 1.54) is 6.42 Å². The van der Waals surface area contributed by atoms with Crippen LogP contribution in [0.2, 0.25) is 0 Å². The summed E-state index contributed by atoms with van der Waals surface area (Å²) in [6.45, 7) is 16.2. The van der Waals surface area contributed by atoms with Gasteiger partial charge in [-0.2, -0.15) is 6.92 Å². The fourth-order valence-corrected chi connectivity index (χ4v) is 1.29. The molecule has 0 aromatic rings. The summed E-state index contributed by atoms with van der Waals surface area (Å²) in [6, 6.07) is 0. The Labute approximate surface area is 152 Å². The molecule has 0 bridgehead atoms. The first-order valence-corrected chi connectivity index (χ1v) is 6.87. The molecule has 0 saturated heterocycles. The molecular formula is C17H31NOY-2. The van der Waals surface area contributed by atoms with Gasteiger partial charge >= 0.3 is 0 Å². The molecule has 20 heavy (non-hydrogen) atoms. The fourth-order valence-electron chi connectivity index (χ4n) is 1.29. The third-order valence-electron chi connectivity index (χ3n) is 2.24. The molecule has 0 aliphatic heterocycles. The smallest absolute Gasteiger partial charge is 0.190 e. The second-order valence-corrected chi connectivity index (χ2v) is 6.92. The van der Waals surface area contributed by atoms with Gasteiger partial charge in [0.2, 0.25) is 0 Å². The van der Waals surface area contributed by atoms with Crippen LogP contribution >= 0.6 is 0 Å². The van der Waals surface area contributed by atoms with Crippen molar-refractivity contribution in [1.29, 1.82) is 0 Å². The molecule has 0 aromatic heterocycles. The van der Waals surface area contributed by atoms with E-state index < -0.39 is 0 Å². The van der Waals surface area contributed by atoms with Crippen molar-refractivity contribution in [2.75, 3.05) is 0 Å². The summed E-state index contributed by atoms with van der Waals surface area (Å²) in [4.78, 5) is 10.8. The average molecular weight is 354 g/mol. The molecule has 0 rings (SSSR count). The zero-order chi connectivity index (χ0) is 15.5. The monoisotopic (exact) mass is 354 g/mol. The van der Waals surface area contributed by atoms with Gasteiger partial charge in [0, 0.05) is 39.1 Å². The average Bonchev–Trinajstić information content (AvgIpc) is 2.22. The van der Waals surface area contributed by atoms with Gasteiger partial charge in [-0.05, 0) is 18.3 Å². The van der Waals surface area contributed by atoms with Crippen LogP contribution in [-0.2, 0) is 37.5 Å². The van der Waals surface area contributed by atoms with E-state index in [4.69, 9.17) is 0 Å². The molecule has 0 atom stereocenters. The number of hydrogen-bond acceptors (Lipinski definition) is 1. The van der Waals surface area contributed by atoms with E-state index in [2.05, 4.69) is 72.7 Å². The van der Waals surface area contributed by atoms with Gasteiger partial charge in [-0.3, -0.25) is 17.8 Å². The van der Waals surface area contributed by atoms with Crippen molar-refractivity contribution in [2.45, 2.75) is 67.2 Å². The third kappa shape index (κ3) is 26.5. The predicted octanol–water partition coefficient (Wildman–Crippen LogP) is 4.37. The maximum absolute atomic E-state index is 10.8. The van der Waals surface area contributed by atoms with Gasteiger partial charge in [0.05, 0.1) is 0 Å². The number of hydrogen-bond donors (Lipinski definition) is 1. The van der Waals surface area contributed by atoms with E-state index in [0.29, 0.717) is 11.8 Å². The van der Waals surface area contributed by atoms with Crippen molar-refractivity contribution in [3.8, 4) is 11.8 Å². The van der Waals surface area contributed by atoms with Gasteiger partial charge in [-0.15, -0.1) is 0 Å². The van der Waals surface area contributed by atoms with Gasteiger partial charge < -0.3 is 11.2 Å². The van der Waals surface area contributed by atoms with Gasteiger partial charge in [-0.1, -0.05) is 53.4 Å². The van der Waals surface area contributed by atoms with E-state index in [-0.39, 0.29) is 44.0 Å². The molecule has 0 aromatic carbocycles. The quantitative estimate of drug-likeness (QED) is 0.453. The zero-order valence-electron chi connectivity index (χ0n) is 14.2. The summed E-state index contributed by atoms with van der Waals surface area (Å²) in [5, 5.41) is 2.37. The summed E-state index contributed by atoms with van der Waals surface area (Å²) >= 11 is 0. The van der Waals surface area contributed by atoms with Crippen LogP contribution in [0.1, 0.15) is 67.2 Å². The molecule has 1 amide bonds. The number of rotatable bonds is 4. The number of nitrogens with one attached hydrogen (secondary N) is 1. The third-order valence-corrected chi connectivity index (χ3v) is 2.24. The van der Waals surface area contributed by atoms with E-state index in [0.717, 1.165) is 12.8 Å². The maximum Gasteiger partial charge on any atom is 0.190 e. The molecule has 0 saturated carbocycles. The molecule has 1 N–H and O–H groups in total. The summed E-state index contributed by atoms with van der Waals surface area (Å²) in [5.74, 6) is 5.58. The molecule has 0 aliphatic carbocycles. The summed E-state index contributed by atoms with van der Waals surface area (Å²) < 4.78 is 0. The molecule has 0 unspecified atom stereocenters. The van der Waals surface area contributed by atoms with Crippen molar-refractivity contribution in [1.82, 2.24) is 5.32 Å². The van der Waals surface area contributed by atoms with Gasteiger partial charge in [-0.25, -0.2) is 0 Å². The van der Waals surface area contributed by atoms with Crippen LogP contribution in [0, 0.1) is 36.6 Å².